The fourth-order valence-corrected chi connectivity index (χ4v) is 3.56. The number of anilines is 1. The predicted octanol–water partition coefficient (Wildman–Crippen LogP) is 2.73. The van der Waals surface area contributed by atoms with E-state index in [1.165, 1.54) is 0 Å². The molecule has 1 atom stereocenters. The first-order valence-electron chi connectivity index (χ1n) is 6.67. The van der Waals surface area contributed by atoms with Gasteiger partial charge in [-0.15, -0.1) is 0 Å². The van der Waals surface area contributed by atoms with Crippen molar-refractivity contribution in [1.82, 2.24) is 4.90 Å². The number of thioether (sulfide) groups is 1. The minimum absolute atomic E-state index is 0.123. The van der Waals surface area contributed by atoms with Gasteiger partial charge < -0.3 is 10.6 Å². The van der Waals surface area contributed by atoms with Crippen molar-refractivity contribution in [2.75, 3.05) is 24.6 Å². The molecular formula is C15H22N2OS. The third kappa shape index (κ3) is 3.44. The zero-order valence-corrected chi connectivity index (χ0v) is 12.7. The maximum absolute atomic E-state index is 12.6. The normalized spacial score (nSPS) is 20.1. The summed E-state index contributed by atoms with van der Waals surface area (Å²) in [6, 6.07) is 7.63. The van der Waals surface area contributed by atoms with Crippen LogP contribution in [0.25, 0.3) is 0 Å². The second kappa shape index (κ2) is 5.45. The molecule has 104 valence electrons. The van der Waals surface area contributed by atoms with Gasteiger partial charge in [0.25, 0.3) is 0 Å². The first kappa shape index (κ1) is 14.3. The van der Waals surface area contributed by atoms with Gasteiger partial charge in [0, 0.05) is 29.3 Å². The Balaban J connectivity index is 2.11. The van der Waals surface area contributed by atoms with E-state index < -0.39 is 0 Å². The van der Waals surface area contributed by atoms with Crippen LogP contribution in [-0.4, -0.2) is 34.4 Å². The maximum atomic E-state index is 12.6. The van der Waals surface area contributed by atoms with Crippen LogP contribution in [0.15, 0.2) is 24.3 Å². The molecule has 0 aliphatic carbocycles. The van der Waals surface area contributed by atoms with E-state index in [4.69, 9.17) is 5.73 Å². The Morgan fingerprint density at radius 1 is 1.47 bits per heavy atom. The fourth-order valence-electron chi connectivity index (χ4n) is 2.45. The van der Waals surface area contributed by atoms with E-state index in [1.807, 2.05) is 47.9 Å². The summed E-state index contributed by atoms with van der Waals surface area (Å²) in [6.07, 6.45) is 0. The van der Waals surface area contributed by atoms with Crippen LogP contribution in [0.5, 0.6) is 0 Å². The lowest BCUT2D eigenvalue weighted by molar-refractivity contribution is -0.132. The SMILES string of the molecule is CC(C(=O)N1CCSC(C)(C)C1)c1cccc(N)c1. The number of rotatable bonds is 2. The molecule has 0 spiro atoms. The van der Waals surface area contributed by atoms with E-state index >= 15 is 0 Å². The van der Waals surface area contributed by atoms with Crippen LogP contribution in [0, 0.1) is 0 Å². The number of nitrogens with two attached hydrogens (primary N) is 1. The van der Waals surface area contributed by atoms with Gasteiger partial charge >= 0.3 is 0 Å². The molecule has 0 aromatic heterocycles. The number of carbonyl (C=O) groups excluding carboxylic acids is 1. The van der Waals surface area contributed by atoms with Crippen LogP contribution in [0.4, 0.5) is 5.69 Å². The number of hydrogen-bond acceptors (Lipinski definition) is 3. The van der Waals surface area contributed by atoms with E-state index in [0.29, 0.717) is 5.69 Å². The fraction of sp³-hybridized carbons (Fsp3) is 0.533. The Labute approximate surface area is 119 Å². The molecule has 19 heavy (non-hydrogen) atoms. The van der Waals surface area contributed by atoms with Gasteiger partial charge in [-0.05, 0) is 38.5 Å². The molecule has 0 bridgehead atoms. The standard InChI is InChI=1S/C15H22N2OS/c1-11(12-5-4-6-13(16)9-12)14(18)17-7-8-19-15(2,3)10-17/h4-6,9,11H,7-8,10,16H2,1-3H3. The molecule has 1 aliphatic heterocycles. The third-order valence-corrected chi connectivity index (χ3v) is 4.82. The Kier molecular flexibility index (Phi) is 4.09. The highest BCUT2D eigenvalue weighted by Crippen LogP contribution is 2.31. The van der Waals surface area contributed by atoms with Crippen molar-refractivity contribution in [2.45, 2.75) is 31.4 Å². The van der Waals surface area contributed by atoms with Gasteiger partial charge in [0.1, 0.15) is 0 Å². The molecule has 4 heteroatoms. The van der Waals surface area contributed by atoms with Gasteiger partial charge in [-0.2, -0.15) is 11.8 Å². The van der Waals surface area contributed by atoms with Crippen LogP contribution in [0.3, 0.4) is 0 Å². The molecule has 1 aliphatic rings. The number of carbonyl (C=O) groups is 1. The first-order valence-corrected chi connectivity index (χ1v) is 7.66. The molecule has 1 amide bonds. The molecule has 0 saturated carbocycles. The summed E-state index contributed by atoms with van der Waals surface area (Å²) in [7, 11) is 0. The average molecular weight is 278 g/mol. The summed E-state index contributed by atoms with van der Waals surface area (Å²) in [4.78, 5) is 14.6. The first-order chi connectivity index (χ1) is 8.89. The van der Waals surface area contributed by atoms with E-state index in [2.05, 4.69) is 13.8 Å². The smallest absolute Gasteiger partial charge is 0.229 e. The van der Waals surface area contributed by atoms with Crippen molar-refractivity contribution >= 4 is 23.4 Å². The highest BCUT2D eigenvalue weighted by molar-refractivity contribution is 8.00. The van der Waals surface area contributed by atoms with E-state index in [0.717, 1.165) is 24.4 Å². The number of nitrogens with zero attached hydrogens (tertiary/aromatic N) is 1. The minimum Gasteiger partial charge on any atom is -0.399 e. The largest absolute Gasteiger partial charge is 0.399 e. The summed E-state index contributed by atoms with van der Waals surface area (Å²) >= 11 is 1.94. The van der Waals surface area contributed by atoms with Gasteiger partial charge in [-0.25, -0.2) is 0 Å². The summed E-state index contributed by atoms with van der Waals surface area (Å²) < 4.78 is 0.156. The van der Waals surface area contributed by atoms with Gasteiger partial charge in [-0.1, -0.05) is 12.1 Å². The van der Waals surface area contributed by atoms with E-state index in [9.17, 15) is 4.79 Å². The highest BCUT2D eigenvalue weighted by atomic mass is 32.2. The zero-order valence-electron chi connectivity index (χ0n) is 11.8. The van der Waals surface area contributed by atoms with Gasteiger partial charge in [0.05, 0.1) is 5.92 Å². The van der Waals surface area contributed by atoms with Crippen molar-refractivity contribution < 1.29 is 4.79 Å². The molecule has 1 aromatic carbocycles. The molecule has 1 aromatic rings. The minimum atomic E-state index is -0.123. The quantitative estimate of drug-likeness (QED) is 0.846. The Morgan fingerprint density at radius 3 is 2.84 bits per heavy atom. The van der Waals surface area contributed by atoms with Crippen molar-refractivity contribution in [3.05, 3.63) is 29.8 Å². The van der Waals surface area contributed by atoms with E-state index in [-0.39, 0.29) is 16.6 Å². The number of nitrogen functional groups attached to an aromatic ring is 1. The number of amides is 1. The summed E-state index contributed by atoms with van der Waals surface area (Å²) in [6.45, 7) is 8.03. The molecule has 3 nitrogen and oxygen atoms in total. The monoisotopic (exact) mass is 278 g/mol. The molecule has 2 rings (SSSR count). The van der Waals surface area contributed by atoms with E-state index in [1.54, 1.807) is 0 Å². The topological polar surface area (TPSA) is 46.3 Å². The number of hydrogen-bond donors (Lipinski definition) is 1. The maximum Gasteiger partial charge on any atom is 0.229 e. The molecule has 1 heterocycles. The second-order valence-corrected chi connectivity index (χ2v) is 7.56. The van der Waals surface area contributed by atoms with Crippen LogP contribution in [0.2, 0.25) is 0 Å². The number of benzene rings is 1. The van der Waals surface area contributed by atoms with Crippen LogP contribution < -0.4 is 5.73 Å². The van der Waals surface area contributed by atoms with Crippen molar-refractivity contribution in [3.8, 4) is 0 Å². The lowest BCUT2D eigenvalue weighted by atomic mass is 9.98. The Morgan fingerprint density at radius 2 is 2.21 bits per heavy atom. The second-order valence-electron chi connectivity index (χ2n) is 5.76. The predicted molar refractivity (Wildman–Crippen MR) is 82.4 cm³/mol. The molecule has 1 saturated heterocycles. The molecule has 1 unspecified atom stereocenters. The van der Waals surface area contributed by atoms with Gasteiger partial charge in [-0.3, -0.25) is 4.79 Å². The third-order valence-electron chi connectivity index (χ3n) is 3.52. The Bertz CT molecular complexity index is 473. The lowest BCUT2D eigenvalue weighted by Crippen LogP contribution is -2.47. The van der Waals surface area contributed by atoms with Crippen LogP contribution in [-0.2, 0) is 4.79 Å². The van der Waals surface area contributed by atoms with Crippen LogP contribution in [0.1, 0.15) is 32.3 Å². The van der Waals surface area contributed by atoms with Crippen molar-refractivity contribution in [3.63, 3.8) is 0 Å². The van der Waals surface area contributed by atoms with Gasteiger partial charge in [0.2, 0.25) is 5.91 Å². The van der Waals surface area contributed by atoms with Crippen molar-refractivity contribution in [1.29, 1.82) is 0 Å². The lowest BCUT2D eigenvalue weighted by Gasteiger charge is -2.38. The Hall–Kier alpha value is -1.16. The zero-order chi connectivity index (χ0) is 14.0. The summed E-state index contributed by atoms with van der Waals surface area (Å²) in [5.41, 5.74) is 7.51. The highest BCUT2D eigenvalue weighted by Gasteiger charge is 2.31. The molecule has 2 N–H and O–H groups in total. The molecule has 0 radical (unpaired) electrons. The summed E-state index contributed by atoms with van der Waals surface area (Å²) in [5, 5.41) is 0. The van der Waals surface area contributed by atoms with Gasteiger partial charge in [0.15, 0.2) is 0 Å². The summed E-state index contributed by atoms with van der Waals surface area (Å²) in [5.74, 6) is 1.10. The van der Waals surface area contributed by atoms with Crippen LogP contribution >= 0.6 is 11.8 Å². The molecular weight excluding hydrogens is 256 g/mol. The van der Waals surface area contributed by atoms with Crippen molar-refractivity contribution in [2.24, 2.45) is 0 Å². The molecule has 1 fully saturated rings. The average Bonchev–Trinajstić information content (AvgIpc) is 2.36.